The summed E-state index contributed by atoms with van der Waals surface area (Å²) in [5, 5.41) is 8.59. The van der Waals surface area contributed by atoms with Gasteiger partial charge in [0.15, 0.2) is 5.78 Å². The molecule has 0 aliphatic rings. The molecule has 0 amide bonds. The van der Waals surface area contributed by atoms with Crippen molar-refractivity contribution in [2.45, 2.75) is 13.5 Å². The normalized spacial score (nSPS) is 10.0. The summed E-state index contributed by atoms with van der Waals surface area (Å²) in [6.45, 7) is -1.78. The van der Waals surface area contributed by atoms with Crippen molar-refractivity contribution in [1.29, 1.82) is 5.26 Å². The summed E-state index contributed by atoms with van der Waals surface area (Å²) in [5.41, 5.74) is 0.0293. The second kappa shape index (κ2) is 4.90. The number of nitriles is 1. The first-order chi connectivity index (χ1) is 7.45. The quantitative estimate of drug-likeness (QED) is 0.769. The Morgan fingerprint density at radius 2 is 2.19 bits per heavy atom. The first-order valence-corrected chi connectivity index (χ1v) is 4.53. The van der Waals surface area contributed by atoms with Gasteiger partial charge in [0.25, 0.3) is 0 Å². The van der Waals surface area contributed by atoms with E-state index in [1.54, 1.807) is 6.07 Å². The zero-order valence-electron chi connectivity index (χ0n) is 8.13. The highest BCUT2D eigenvalue weighted by Gasteiger charge is 2.15. The van der Waals surface area contributed by atoms with E-state index >= 15 is 0 Å². The molecule has 0 aliphatic carbocycles. The van der Waals surface area contributed by atoms with E-state index in [9.17, 15) is 13.6 Å². The molecule has 16 heavy (non-hydrogen) atoms. The van der Waals surface area contributed by atoms with Crippen LogP contribution in [-0.2, 0) is 0 Å². The van der Waals surface area contributed by atoms with Gasteiger partial charge in [-0.25, -0.2) is 0 Å². The minimum absolute atomic E-state index is 0.0486. The highest BCUT2D eigenvalue weighted by molar-refractivity contribution is 6.32. The fourth-order valence-corrected chi connectivity index (χ4v) is 1.33. The largest absolute Gasteiger partial charge is 0.433 e. The van der Waals surface area contributed by atoms with E-state index < -0.39 is 6.61 Å². The van der Waals surface area contributed by atoms with Crippen molar-refractivity contribution >= 4 is 17.4 Å². The third-order valence-electron chi connectivity index (χ3n) is 1.79. The predicted molar refractivity (Wildman–Crippen MR) is 52.8 cm³/mol. The topological polar surface area (TPSA) is 50.1 Å². The molecule has 84 valence electrons. The highest BCUT2D eigenvalue weighted by Crippen LogP contribution is 2.29. The number of benzene rings is 1. The highest BCUT2D eigenvalue weighted by atomic mass is 35.5. The summed E-state index contributed by atoms with van der Waals surface area (Å²) in [5.74, 6) is -0.694. The van der Waals surface area contributed by atoms with Gasteiger partial charge in [0.2, 0.25) is 0 Å². The predicted octanol–water partition coefficient (Wildman–Crippen LogP) is 3.02. The average molecular weight is 246 g/mol. The van der Waals surface area contributed by atoms with Crippen LogP contribution in [0.2, 0.25) is 5.02 Å². The molecule has 1 rings (SSSR count). The number of ether oxygens (including phenoxy) is 1. The fourth-order valence-electron chi connectivity index (χ4n) is 1.12. The molecule has 1 aromatic rings. The van der Waals surface area contributed by atoms with E-state index in [0.29, 0.717) is 0 Å². The van der Waals surface area contributed by atoms with Gasteiger partial charge in [-0.05, 0) is 13.0 Å². The SMILES string of the molecule is CC(=O)c1cc(Cl)c(OC(F)F)cc1C#N. The van der Waals surface area contributed by atoms with Crippen LogP contribution in [0.4, 0.5) is 8.78 Å². The van der Waals surface area contributed by atoms with Crippen LogP contribution in [0.1, 0.15) is 22.8 Å². The number of hydrogen-bond acceptors (Lipinski definition) is 3. The molecule has 3 nitrogen and oxygen atoms in total. The first-order valence-electron chi connectivity index (χ1n) is 4.15. The Morgan fingerprint density at radius 3 is 2.62 bits per heavy atom. The van der Waals surface area contributed by atoms with Gasteiger partial charge in [-0.3, -0.25) is 4.79 Å². The van der Waals surface area contributed by atoms with Crippen LogP contribution < -0.4 is 4.74 Å². The van der Waals surface area contributed by atoms with Crippen LogP contribution in [0.15, 0.2) is 12.1 Å². The number of halogens is 3. The molecule has 0 saturated carbocycles. The van der Waals surface area contributed by atoms with Crippen molar-refractivity contribution in [3.63, 3.8) is 0 Å². The zero-order valence-corrected chi connectivity index (χ0v) is 8.89. The smallest absolute Gasteiger partial charge is 0.387 e. The molecule has 0 N–H and O–H groups in total. The fraction of sp³-hybridized carbons (Fsp3) is 0.200. The van der Waals surface area contributed by atoms with Gasteiger partial charge in [-0.1, -0.05) is 11.6 Å². The van der Waals surface area contributed by atoms with Crippen molar-refractivity contribution in [2.75, 3.05) is 0 Å². The van der Waals surface area contributed by atoms with E-state index in [1.807, 2.05) is 0 Å². The van der Waals surface area contributed by atoms with E-state index in [2.05, 4.69) is 4.74 Å². The molecule has 1 aromatic carbocycles. The Kier molecular flexibility index (Phi) is 3.80. The molecule has 0 aromatic heterocycles. The third-order valence-corrected chi connectivity index (χ3v) is 2.08. The van der Waals surface area contributed by atoms with Gasteiger partial charge in [0.05, 0.1) is 10.6 Å². The molecule has 0 unspecified atom stereocenters. The van der Waals surface area contributed by atoms with Crippen molar-refractivity contribution in [2.24, 2.45) is 0 Å². The maximum absolute atomic E-state index is 12.0. The summed E-state index contributed by atoms with van der Waals surface area (Å²) in [6.07, 6.45) is 0. The van der Waals surface area contributed by atoms with E-state index in [-0.39, 0.29) is 27.7 Å². The summed E-state index contributed by atoms with van der Waals surface area (Å²) in [4.78, 5) is 11.1. The summed E-state index contributed by atoms with van der Waals surface area (Å²) >= 11 is 5.63. The van der Waals surface area contributed by atoms with Gasteiger partial charge >= 0.3 is 6.61 Å². The first kappa shape index (κ1) is 12.4. The lowest BCUT2D eigenvalue weighted by Crippen LogP contribution is -2.04. The Labute approximate surface area is 95.2 Å². The molecule has 0 bridgehead atoms. The van der Waals surface area contributed by atoms with Gasteiger partial charge in [-0.15, -0.1) is 0 Å². The molecular formula is C10H6ClF2NO2. The lowest BCUT2D eigenvalue weighted by atomic mass is 10.1. The number of carbonyl (C=O) groups excluding carboxylic acids is 1. The van der Waals surface area contributed by atoms with E-state index in [1.165, 1.54) is 6.92 Å². The lowest BCUT2D eigenvalue weighted by Gasteiger charge is -2.08. The van der Waals surface area contributed by atoms with Gasteiger partial charge in [0.1, 0.15) is 11.8 Å². The monoisotopic (exact) mass is 245 g/mol. The lowest BCUT2D eigenvalue weighted by molar-refractivity contribution is -0.0497. The molecule has 0 atom stereocenters. The molecule has 0 radical (unpaired) electrons. The van der Waals surface area contributed by atoms with Gasteiger partial charge in [-0.2, -0.15) is 14.0 Å². The second-order valence-electron chi connectivity index (χ2n) is 2.87. The maximum Gasteiger partial charge on any atom is 0.387 e. The Hall–Kier alpha value is -1.67. The van der Waals surface area contributed by atoms with Crippen molar-refractivity contribution in [3.05, 3.63) is 28.3 Å². The molecule has 0 saturated heterocycles. The number of nitrogens with zero attached hydrogens (tertiary/aromatic N) is 1. The van der Waals surface area contributed by atoms with Crippen molar-refractivity contribution in [1.82, 2.24) is 0 Å². The Balaban J connectivity index is 3.27. The molecular weight excluding hydrogens is 240 g/mol. The minimum atomic E-state index is -3.03. The molecule has 0 fully saturated rings. The van der Waals surface area contributed by atoms with Crippen LogP contribution >= 0.6 is 11.6 Å². The zero-order chi connectivity index (χ0) is 12.3. The van der Waals surface area contributed by atoms with Crippen molar-refractivity contribution < 1.29 is 18.3 Å². The van der Waals surface area contributed by atoms with Crippen LogP contribution in [0.25, 0.3) is 0 Å². The standard InChI is InChI=1S/C10H6ClF2NO2/c1-5(15)7-3-8(11)9(16-10(12)13)2-6(7)4-14/h2-3,10H,1H3. The van der Waals surface area contributed by atoms with Gasteiger partial charge in [0, 0.05) is 11.6 Å². The summed E-state index contributed by atoms with van der Waals surface area (Å²) in [7, 11) is 0. The number of carbonyl (C=O) groups is 1. The van der Waals surface area contributed by atoms with E-state index in [0.717, 1.165) is 12.1 Å². The van der Waals surface area contributed by atoms with Crippen LogP contribution in [0, 0.1) is 11.3 Å². The molecule has 0 spiro atoms. The molecule has 0 heterocycles. The van der Waals surface area contributed by atoms with Gasteiger partial charge < -0.3 is 4.74 Å². The molecule has 0 aliphatic heterocycles. The number of Topliss-reactive ketones (excluding diaryl/α,β-unsaturated/α-hetero) is 1. The summed E-state index contributed by atoms with van der Waals surface area (Å²) in [6, 6.07) is 3.87. The van der Waals surface area contributed by atoms with Crippen molar-refractivity contribution in [3.8, 4) is 11.8 Å². The van der Waals surface area contributed by atoms with Crippen LogP contribution in [0.3, 0.4) is 0 Å². The molecule has 6 heteroatoms. The number of ketones is 1. The average Bonchev–Trinajstić information content (AvgIpc) is 2.19. The Morgan fingerprint density at radius 1 is 1.56 bits per heavy atom. The minimum Gasteiger partial charge on any atom is -0.433 e. The third kappa shape index (κ3) is 2.67. The summed E-state index contributed by atoms with van der Waals surface area (Å²) < 4.78 is 28.0. The second-order valence-corrected chi connectivity index (χ2v) is 3.28. The number of rotatable bonds is 3. The maximum atomic E-state index is 12.0. The van der Waals surface area contributed by atoms with Crippen LogP contribution in [-0.4, -0.2) is 12.4 Å². The Bertz CT molecular complexity index is 469. The number of alkyl halides is 2. The van der Waals surface area contributed by atoms with E-state index in [4.69, 9.17) is 16.9 Å². The number of hydrogen-bond donors (Lipinski definition) is 0. The van der Waals surface area contributed by atoms with Crippen LogP contribution in [0.5, 0.6) is 5.75 Å².